The van der Waals surface area contributed by atoms with Crippen LogP contribution >= 0.6 is 23.1 Å². The molecule has 0 saturated heterocycles. The number of hydrogen-bond donors (Lipinski definition) is 3. The number of carboxylic acids is 1. The van der Waals surface area contributed by atoms with Crippen molar-refractivity contribution in [1.29, 1.82) is 0 Å². The Hall–Kier alpha value is -3.17. The standard InChI is InChI=1S/C21H19N3O4S2/c25-18(9-10-20(27)28)22-15-7-4-8-16(11-15)29-13-19(26)24-21-23-17(12-30-21)14-5-2-1-3-6-14/h1-8,11-12H,9-10,13H2,(H,22,25)(H,27,28)(H,23,24,26). The molecule has 30 heavy (non-hydrogen) atoms. The van der Waals surface area contributed by atoms with E-state index in [1.165, 1.54) is 23.1 Å². The number of benzene rings is 2. The highest BCUT2D eigenvalue weighted by atomic mass is 32.2. The number of rotatable bonds is 9. The zero-order valence-electron chi connectivity index (χ0n) is 15.8. The van der Waals surface area contributed by atoms with E-state index in [-0.39, 0.29) is 30.4 Å². The maximum atomic E-state index is 12.3. The van der Waals surface area contributed by atoms with Gasteiger partial charge in [0.1, 0.15) is 0 Å². The molecule has 0 fully saturated rings. The van der Waals surface area contributed by atoms with E-state index in [0.717, 1.165) is 16.2 Å². The summed E-state index contributed by atoms with van der Waals surface area (Å²) in [7, 11) is 0. The number of amides is 2. The highest BCUT2D eigenvalue weighted by molar-refractivity contribution is 8.00. The Labute approximate surface area is 181 Å². The molecule has 1 aromatic heterocycles. The Morgan fingerprint density at radius 1 is 0.967 bits per heavy atom. The maximum absolute atomic E-state index is 12.3. The summed E-state index contributed by atoms with van der Waals surface area (Å²) < 4.78 is 0. The van der Waals surface area contributed by atoms with Gasteiger partial charge in [-0.25, -0.2) is 4.98 Å². The highest BCUT2D eigenvalue weighted by Crippen LogP contribution is 2.26. The summed E-state index contributed by atoms with van der Waals surface area (Å²) in [4.78, 5) is 39.8. The zero-order chi connectivity index (χ0) is 21.3. The summed E-state index contributed by atoms with van der Waals surface area (Å²) in [6.07, 6.45) is -0.308. The van der Waals surface area contributed by atoms with Gasteiger partial charge >= 0.3 is 5.97 Å². The van der Waals surface area contributed by atoms with Crippen molar-refractivity contribution in [2.24, 2.45) is 0 Å². The van der Waals surface area contributed by atoms with Gasteiger partial charge in [-0.1, -0.05) is 36.4 Å². The molecule has 0 atom stereocenters. The van der Waals surface area contributed by atoms with Crippen molar-refractivity contribution in [3.8, 4) is 11.3 Å². The van der Waals surface area contributed by atoms with Gasteiger partial charge in [-0.2, -0.15) is 0 Å². The van der Waals surface area contributed by atoms with Crippen LogP contribution in [-0.2, 0) is 14.4 Å². The van der Waals surface area contributed by atoms with Crippen LogP contribution in [0, 0.1) is 0 Å². The van der Waals surface area contributed by atoms with Gasteiger partial charge in [0.25, 0.3) is 0 Å². The molecule has 154 valence electrons. The van der Waals surface area contributed by atoms with Crippen molar-refractivity contribution in [2.75, 3.05) is 16.4 Å². The third-order valence-electron chi connectivity index (χ3n) is 3.87. The zero-order valence-corrected chi connectivity index (χ0v) is 17.5. The van der Waals surface area contributed by atoms with Crippen LogP contribution in [0.25, 0.3) is 11.3 Å². The summed E-state index contributed by atoms with van der Waals surface area (Å²) in [5, 5.41) is 16.5. The van der Waals surface area contributed by atoms with Gasteiger partial charge in [0.05, 0.1) is 17.9 Å². The third-order valence-corrected chi connectivity index (χ3v) is 5.63. The molecule has 2 amide bonds. The molecule has 0 aliphatic carbocycles. The first kappa shape index (κ1) is 21.5. The van der Waals surface area contributed by atoms with E-state index >= 15 is 0 Å². The second kappa shape index (κ2) is 10.6. The Morgan fingerprint density at radius 3 is 2.53 bits per heavy atom. The minimum Gasteiger partial charge on any atom is -0.481 e. The number of anilines is 2. The molecule has 3 aromatic rings. The molecule has 9 heteroatoms. The largest absolute Gasteiger partial charge is 0.481 e. The van der Waals surface area contributed by atoms with Gasteiger partial charge in [0.2, 0.25) is 11.8 Å². The molecular formula is C21H19N3O4S2. The van der Waals surface area contributed by atoms with E-state index in [9.17, 15) is 14.4 Å². The monoisotopic (exact) mass is 441 g/mol. The van der Waals surface area contributed by atoms with Crippen LogP contribution in [0.4, 0.5) is 10.8 Å². The SMILES string of the molecule is O=C(O)CCC(=O)Nc1cccc(SCC(=O)Nc2nc(-c3ccccc3)cs2)c1. The molecule has 0 saturated carbocycles. The van der Waals surface area contributed by atoms with Crippen LogP contribution in [0.1, 0.15) is 12.8 Å². The topological polar surface area (TPSA) is 108 Å². The van der Waals surface area contributed by atoms with E-state index in [4.69, 9.17) is 5.11 Å². The first-order valence-electron chi connectivity index (χ1n) is 9.05. The number of nitrogens with zero attached hydrogens (tertiary/aromatic N) is 1. The third kappa shape index (κ3) is 6.71. The lowest BCUT2D eigenvalue weighted by molar-refractivity contribution is -0.138. The lowest BCUT2D eigenvalue weighted by Gasteiger charge is -2.07. The molecule has 3 rings (SSSR count). The van der Waals surface area contributed by atoms with Crippen molar-refractivity contribution in [3.05, 3.63) is 60.0 Å². The predicted molar refractivity (Wildman–Crippen MR) is 119 cm³/mol. The Kier molecular flexibility index (Phi) is 7.58. The van der Waals surface area contributed by atoms with Crippen LogP contribution in [0.5, 0.6) is 0 Å². The van der Waals surface area contributed by atoms with Crippen molar-refractivity contribution in [2.45, 2.75) is 17.7 Å². The second-order valence-corrected chi connectivity index (χ2v) is 8.12. The quantitative estimate of drug-likeness (QED) is 0.426. The maximum Gasteiger partial charge on any atom is 0.303 e. The average Bonchev–Trinajstić information content (AvgIpc) is 3.20. The van der Waals surface area contributed by atoms with Gasteiger partial charge < -0.3 is 15.7 Å². The van der Waals surface area contributed by atoms with Crippen LogP contribution in [0.3, 0.4) is 0 Å². The van der Waals surface area contributed by atoms with Crippen molar-refractivity contribution in [3.63, 3.8) is 0 Å². The van der Waals surface area contributed by atoms with Gasteiger partial charge in [-0.15, -0.1) is 23.1 Å². The van der Waals surface area contributed by atoms with Crippen molar-refractivity contribution >= 4 is 51.7 Å². The first-order chi connectivity index (χ1) is 14.5. The lowest BCUT2D eigenvalue weighted by Crippen LogP contribution is -2.14. The molecule has 0 aliphatic heterocycles. The Bertz CT molecular complexity index is 1040. The minimum absolute atomic E-state index is 0.0894. The van der Waals surface area contributed by atoms with Crippen LogP contribution in [0.15, 0.2) is 64.9 Å². The van der Waals surface area contributed by atoms with Gasteiger partial charge in [-0.05, 0) is 18.2 Å². The molecule has 0 aliphatic rings. The smallest absolute Gasteiger partial charge is 0.303 e. The molecule has 2 aromatic carbocycles. The van der Waals surface area contributed by atoms with E-state index < -0.39 is 5.97 Å². The average molecular weight is 442 g/mol. The number of thioether (sulfide) groups is 1. The molecular weight excluding hydrogens is 422 g/mol. The van der Waals surface area contributed by atoms with Crippen LogP contribution in [0.2, 0.25) is 0 Å². The van der Waals surface area contributed by atoms with E-state index in [2.05, 4.69) is 15.6 Å². The fraction of sp³-hybridized carbons (Fsp3) is 0.143. The van der Waals surface area contributed by atoms with E-state index in [1.807, 2.05) is 41.8 Å². The van der Waals surface area contributed by atoms with Crippen LogP contribution < -0.4 is 10.6 Å². The number of carbonyl (C=O) groups is 3. The molecule has 1 heterocycles. The van der Waals surface area contributed by atoms with E-state index in [1.54, 1.807) is 18.2 Å². The molecule has 7 nitrogen and oxygen atoms in total. The second-order valence-electron chi connectivity index (χ2n) is 6.21. The van der Waals surface area contributed by atoms with Gasteiger partial charge in [0.15, 0.2) is 5.13 Å². The lowest BCUT2D eigenvalue weighted by atomic mass is 10.2. The summed E-state index contributed by atoms with van der Waals surface area (Å²) >= 11 is 2.70. The number of thiazole rings is 1. The highest BCUT2D eigenvalue weighted by Gasteiger charge is 2.10. The Morgan fingerprint density at radius 2 is 1.77 bits per heavy atom. The van der Waals surface area contributed by atoms with Gasteiger partial charge in [-0.3, -0.25) is 14.4 Å². The van der Waals surface area contributed by atoms with Crippen molar-refractivity contribution in [1.82, 2.24) is 4.98 Å². The summed E-state index contributed by atoms with van der Waals surface area (Å²) in [5.74, 6) is -1.37. The number of aliphatic carboxylic acids is 1. The van der Waals surface area contributed by atoms with E-state index in [0.29, 0.717) is 10.8 Å². The number of carbonyl (C=O) groups excluding carboxylic acids is 2. The Balaban J connectivity index is 1.50. The first-order valence-corrected chi connectivity index (χ1v) is 10.9. The minimum atomic E-state index is -1.02. The predicted octanol–water partition coefficient (Wildman–Crippen LogP) is 4.34. The number of hydrogen-bond acceptors (Lipinski definition) is 6. The summed E-state index contributed by atoms with van der Waals surface area (Å²) in [6.45, 7) is 0. The molecule has 3 N–H and O–H groups in total. The molecule has 0 radical (unpaired) electrons. The molecule has 0 bridgehead atoms. The van der Waals surface area contributed by atoms with Crippen LogP contribution in [-0.4, -0.2) is 33.6 Å². The molecule has 0 spiro atoms. The fourth-order valence-electron chi connectivity index (χ4n) is 2.48. The number of carboxylic acid groups (broad SMARTS) is 1. The van der Waals surface area contributed by atoms with Gasteiger partial charge in [0, 0.05) is 27.9 Å². The summed E-state index contributed by atoms with van der Waals surface area (Å²) in [5.41, 5.74) is 2.36. The van der Waals surface area contributed by atoms with Crippen molar-refractivity contribution < 1.29 is 19.5 Å². The number of aromatic nitrogens is 1. The molecule has 0 unspecified atom stereocenters. The fourth-order valence-corrected chi connectivity index (χ4v) is 3.98. The number of nitrogens with one attached hydrogen (secondary N) is 2. The normalized spacial score (nSPS) is 10.4. The summed E-state index contributed by atoms with van der Waals surface area (Å²) in [6, 6.07) is 16.8.